The van der Waals surface area contributed by atoms with Crippen LogP contribution >= 0.6 is 0 Å². The van der Waals surface area contributed by atoms with Crippen LogP contribution in [-0.4, -0.2) is 58.9 Å². The molecule has 0 aromatic heterocycles. The summed E-state index contributed by atoms with van der Waals surface area (Å²) >= 11 is 0. The maximum Gasteiger partial charge on any atom is 0.420 e. The summed E-state index contributed by atoms with van der Waals surface area (Å²) in [5, 5.41) is 10.7. The number of aliphatic carboxylic acids is 1. The fraction of sp³-hybridized carbons (Fsp3) is 0.375. The second-order valence-corrected chi connectivity index (χ2v) is 8.63. The van der Waals surface area contributed by atoms with Crippen LogP contribution in [-0.2, 0) is 14.3 Å². The molecule has 0 aliphatic heterocycles. The number of carboxylic acids is 1. The van der Waals surface area contributed by atoms with E-state index in [1.807, 2.05) is 48.5 Å². The number of carbonyl (C=O) groups is 3. The minimum Gasteiger partial charge on any atom is -0.480 e. The fourth-order valence-electron chi connectivity index (χ4n) is 4.27. The summed E-state index contributed by atoms with van der Waals surface area (Å²) in [7, 11) is 0. The molecule has 0 radical (unpaired) electrons. The molecule has 2 aliphatic rings. The lowest BCUT2D eigenvalue weighted by Gasteiger charge is -2.35. The minimum absolute atomic E-state index is 0.233. The fourth-order valence-corrected chi connectivity index (χ4v) is 4.27. The van der Waals surface area contributed by atoms with E-state index in [0.29, 0.717) is 24.7 Å². The number of hydrogen-bond donors (Lipinski definition) is 2. The summed E-state index contributed by atoms with van der Waals surface area (Å²) in [5.74, 6) is -3.34. The molecule has 0 saturated heterocycles. The highest BCUT2D eigenvalue weighted by Gasteiger charge is 2.61. The predicted molar refractivity (Wildman–Crippen MR) is 115 cm³/mol. The quantitative estimate of drug-likeness (QED) is 0.632. The van der Waals surface area contributed by atoms with Gasteiger partial charge in [-0.05, 0) is 42.0 Å². The zero-order valence-corrected chi connectivity index (χ0v) is 18.3. The molecule has 0 spiro atoms. The number of hydrogen-bond acceptors (Lipinski definition) is 4. The molecule has 2 aliphatic carbocycles. The van der Waals surface area contributed by atoms with Crippen LogP contribution in [0.2, 0.25) is 0 Å². The molecule has 1 unspecified atom stereocenters. The van der Waals surface area contributed by atoms with Crippen molar-refractivity contribution in [1.82, 2.24) is 10.2 Å². The van der Waals surface area contributed by atoms with Crippen LogP contribution in [0.15, 0.2) is 48.5 Å². The number of fused-ring (bicyclic) bond motifs is 3. The number of alkyl carbamates (subject to hydrolysis) is 1. The van der Waals surface area contributed by atoms with Gasteiger partial charge >= 0.3 is 18.2 Å². The van der Waals surface area contributed by atoms with E-state index < -0.39 is 42.3 Å². The normalized spacial score (nSPS) is 16.7. The molecule has 0 bridgehead atoms. The van der Waals surface area contributed by atoms with Gasteiger partial charge in [-0.2, -0.15) is 13.2 Å². The summed E-state index contributed by atoms with van der Waals surface area (Å²) in [5.41, 5.74) is 0.334. The Hall–Kier alpha value is -3.56. The average molecular weight is 476 g/mol. The molecule has 1 fully saturated rings. The van der Waals surface area contributed by atoms with E-state index in [4.69, 9.17) is 9.84 Å². The van der Waals surface area contributed by atoms with Crippen molar-refractivity contribution in [3.05, 3.63) is 59.7 Å². The van der Waals surface area contributed by atoms with Crippen LogP contribution in [0, 0.1) is 0 Å². The van der Waals surface area contributed by atoms with E-state index in [1.54, 1.807) is 5.32 Å². The third kappa shape index (κ3) is 4.32. The average Bonchev–Trinajstić information content (AvgIpc) is 3.57. The summed E-state index contributed by atoms with van der Waals surface area (Å²) < 4.78 is 47.1. The van der Waals surface area contributed by atoms with Crippen molar-refractivity contribution in [2.24, 2.45) is 0 Å². The number of ether oxygens (including phenoxy) is 1. The molecule has 2 aromatic carbocycles. The standard InChI is InChI=1S/C24H23F3N2O5/c1-23(24(25,26)27,21(32)29(12-20(30)31)14-10-11-14)28-22(33)34-13-19-17-8-4-2-6-15(17)16-7-3-5-9-18(16)19/h2-9,14,19H,10-13H2,1H3,(H,28,33)(H,30,31). The van der Waals surface area contributed by atoms with Crippen molar-refractivity contribution in [2.45, 2.75) is 43.4 Å². The van der Waals surface area contributed by atoms with E-state index in [-0.39, 0.29) is 12.5 Å². The summed E-state index contributed by atoms with van der Waals surface area (Å²) in [6, 6.07) is 14.4. The Balaban J connectivity index is 1.51. The topological polar surface area (TPSA) is 95.9 Å². The maximum absolute atomic E-state index is 14.0. The van der Waals surface area contributed by atoms with Crippen LogP contribution < -0.4 is 5.32 Å². The maximum atomic E-state index is 14.0. The Bertz CT molecular complexity index is 1090. The molecule has 34 heavy (non-hydrogen) atoms. The Morgan fingerprint density at radius 1 is 1.03 bits per heavy atom. The van der Waals surface area contributed by atoms with Crippen molar-refractivity contribution in [3.63, 3.8) is 0 Å². The smallest absolute Gasteiger partial charge is 0.420 e. The second-order valence-electron chi connectivity index (χ2n) is 8.63. The number of carbonyl (C=O) groups excluding carboxylic acids is 2. The Kier molecular flexibility index (Phi) is 6.01. The van der Waals surface area contributed by atoms with E-state index >= 15 is 0 Å². The zero-order chi connectivity index (χ0) is 24.7. The van der Waals surface area contributed by atoms with Crippen LogP contribution in [0.1, 0.15) is 36.8 Å². The van der Waals surface area contributed by atoms with Gasteiger partial charge in [0.05, 0.1) is 0 Å². The number of rotatable bonds is 7. The van der Waals surface area contributed by atoms with E-state index in [2.05, 4.69) is 0 Å². The Morgan fingerprint density at radius 3 is 2.03 bits per heavy atom. The number of amides is 2. The van der Waals surface area contributed by atoms with Gasteiger partial charge in [0, 0.05) is 12.0 Å². The van der Waals surface area contributed by atoms with E-state index in [0.717, 1.165) is 22.3 Å². The van der Waals surface area contributed by atoms with E-state index in [1.165, 1.54) is 0 Å². The van der Waals surface area contributed by atoms with Crippen molar-refractivity contribution < 1.29 is 37.4 Å². The highest BCUT2D eigenvalue weighted by molar-refractivity contribution is 5.93. The van der Waals surface area contributed by atoms with E-state index in [9.17, 15) is 27.6 Å². The lowest BCUT2D eigenvalue weighted by atomic mass is 9.98. The Labute approximate surface area is 193 Å². The van der Waals surface area contributed by atoms with Gasteiger partial charge in [0.25, 0.3) is 5.91 Å². The van der Waals surface area contributed by atoms with Gasteiger partial charge < -0.3 is 14.7 Å². The summed E-state index contributed by atoms with van der Waals surface area (Å²) in [6.07, 6.45) is -5.79. The number of nitrogens with one attached hydrogen (secondary N) is 1. The molecule has 7 nitrogen and oxygen atoms in total. The highest BCUT2D eigenvalue weighted by Crippen LogP contribution is 2.44. The van der Waals surface area contributed by atoms with Gasteiger partial charge in [0.1, 0.15) is 13.2 Å². The second kappa shape index (κ2) is 8.66. The number of alkyl halides is 3. The van der Waals surface area contributed by atoms with Gasteiger partial charge in [0.2, 0.25) is 5.54 Å². The first-order chi connectivity index (χ1) is 16.0. The third-order valence-electron chi connectivity index (χ3n) is 6.24. The number of benzene rings is 2. The molecular formula is C24H23F3N2O5. The lowest BCUT2D eigenvalue weighted by molar-refractivity contribution is -0.201. The van der Waals surface area contributed by atoms with Crippen LogP contribution in [0.4, 0.5) is 18.0 Å². The first-order valence-corrected chi connectivity index (χ1v) is 10.8. The zero-order valence-electron chi connectivity index (χ0n) is 18.3. The van der Waals surface area contributed by atoms with Crippen molar-refractivity contribution in [2.75, 3.05) is 13.2 Å². The number of carboxylic acid groups (broad SMARTS) is 1. The number of nitrogens with zero attached hydrogens (tertiary/aromatic N) is 1. The largest absolute Gasteiger partial charge is 0.480 e. The predicted octanol–water partition coefficient (Wildman–Crippen LogP) is 3.92. The first kappa shape index (κ1) is 23.6. The molecule has 2 N–H and O–H groups in total. The summed E-state index contributed by atoms with van der Waals surface area (Å²) in [4.78, 5) is 37.1. The van der Waals surface area contributed by atoms with Crippen LogP contribution in [0.3, 0.4) is 0 Å². The molecule has 0 heterocycles. The van der Waals surface area contributed by atoms with Gasteiger partial charge in [-0.1, -0.05) is 48.5 Å². The molecule has 10 heteroatoms. The van der Waals surface area contributed by atoms with Gasteiger partial charge in [-0.3, -0.25) is 14.9 Å². The molecule has 1 atom stereocenters. The Morgan fingerprint density at radius 2 is 1.56 bits per heavy atom. The molecular weight excluding hydrogens is 453 g/mol. The molecule has 2 aromatic rings. The van der Waals surface area contributed by atoms with Crippen molar-refractivity contribution in [3.8, 4) is 11.1 Å². The monoisotopic (exact) mass is 476 g/mol. The number of halogens is 3. The van der Waals surface area contributed by atoms with Crippen LogP contribution in [0.5, 0.6) is 0 Å². The van der Waals surface area contributed by atoms with Crippen molar-refractivity contribution >= 4 is 18.0 Å². The van der Waals surface area contributed by atoms with Crippen molar-refractivity contribution in [1.29, 1.82) is 0 Å². The minimum atomic E-state index is -5.18. The first-order valence-electron chi connectivity index (χ1n) is 10.8. The lowest BCUT2D eigenvalue weighted by Crippen LogP contribution is -2.66. The molecule has 2 amide bonds. The molecule has 4 rings (SSSR count). The molecule has 180 valence electrons. The SMILES string of the molecule is CC(NC(=O)OCC1c2ccccc2-c2ccccc21)(C(=O)N(CC(=O)O)C1CC1)C(F)(F)F. The van der Waals surface area contributed by atoms with Gasteiger partial charge in [0.15, 0.2) is 0 Å². The summed E-state index contributed by atoms with van der Waals surface area (Å²) in [6.45, 7) is -0.598. The van der Waals surface area contributed by atoms with Gasteiger partial charge in [-0.25, -0.2) is 4.79 Å². The third-order valence-corrected chi connectivity index (χ3v) is 6.24. The highest BCUT2D eigenvalue weighted by atomic mass is 19.4. The van der Waals surface area contributed by atoms with Crippen LogP contribution in [0.25, 0.3) is 11.1 Å². The molecule has 1 saturated carbocycles. The van der Waals surface area contributed by atoms with Gasteiger partial charge in [-0.15, -0.1) is 0 Å².